The van der Waals surface area contributed by atoms with E-state index in [9.17, 15) is 4.79 Å². The van der Waals surface area contributed by atoms with Crippen molar-refractivity contribution in [2.75, 3.05) is 0 Å². The minimum Gasteiger partial charge on any atom is -0.412 e. The molecule has 0 spiro atoms. The summed E-state index contributed by atoms with van der Waals surface area (Å²) >= 11 is 0. The van der Waals surface area contributed by atoms with Gasteiger partial charge in [0.2, 0.25) is 0 Å². The second kappa shape index (κ2) is 15.8. The molecule has 0 saturated carbocycles. The van der Waals surface area contributed by atoms with Crippen molar-refractivity contribution in [3.63, 3.8) is 0 Å². The van der Waals surface area contributed by atoms with Crippen molar-refractivity contribution in [3.8, 4) is 0 Å². The number of rotatable bonds is 1. The van der Waals surface area contributed by atoms with Crippen molar-refractivity contribution in [2.45, 2.75) is 13.3 Å². The van der Waals surface area contributed by atoms with E-state index < -0.39 is 0 Å². The quantitative estimate of drug-likeness (QED) is 0.459. The van der Waals surface area contributed by atoms with Gasteiger partial charge in [-0.1, -0.05) is 6.92 Å². The second-order valence-corrected chi connectivity index (χ2v) is 0.892. The number of Topliss-reactive ketones (excluding diaryl/α,β-unsaturated/α-hetero) is 1. The van der Waals surface area contributed by atoms with Crippen LogP contribution >= 0.6 is 0 Å². The molecule has 0 unspecified atom stereocenters. The molecule has 8 heavy (non-hydrogen) atoms. The molecule has 0 aliphatic carbocycles. The summed E-state index contributed by atoms with van der Waals surface area (Å²) in [7, 11) is 0. The Kier molecular flexibility index (Phi) is 48.3. The molecule has 0 amide bonds. The summed E-state index contributed by atoms with van der Waals surface area (Å²) in [6, 6.07) is 0. The maximum absolute atomic E-state index is 9.70. The van der Waals surface area contributed by atoms with E-state index >= 15 is 0 Å². The molecule has 0 aromatic heterocycles. The summed E-state index contributed by atoms with van der Waals surface area (Å²) in [6.07, 6.45) is 0.556. The van der Waals surface area contributed by atoms with E-state index in [1.807, 2.05) is 0 Å². The first kappa shape index (κ1) is 24.5. The molecule has 0 aliphatic rings. The monoisotopic (exact) mass is 159 g/mol. The maximum Gasteiger partial charge on any atom is 0 e. The van der Waals surface area contributed by atoms with E-state index in [-0.39, 0.29) is 34.1 Å². The zero-order valence-corrected chi connectivity index (χ0v) is 6.01. The molecule has 0 aliphatic heterocycles. The van der Waals surface area contributed by atoms with E-state index in [4.69, 9.17) is 0 Å². The molecule has 3 nitrogen and oxygen atoms in total. The van der Waals surface area contributed by atoms with Gasteiger partial charge in [0.05, 0.1) is 0 Å². The Hall–Kier alpha value is -0.00753. The normalized spacial score (nSPS) is 4.62. The van der Waals surface area contributed by atoms with Crippen molar-refractivity contribution in [2.24, 2.45) is 0 Å². The van der Waals surface area contributed by atoms with Crippen LogP contribution in [-0.4, -0.2) is 16.7 Å². The van der Waals surface area contributed by atoms with Crippen LogP contribution in [0.2, 0.25) is 0 Å². The molecule has 52 valence electrons. The molecule has 0 bridgehead atoms. The first-order valence-corrected chi connectivity index (χ1v) is 1.62. The van der Waals surface area contributed by atoms with Gasteiger partial charge in [-0.25, -0.2) is 0 Å². The maximum atomic E-state index is 9.70. The van der Waals surface area contributed by atoms with Crippen LogP contribution in [0.3, 0.4) is 0 Å². The molecule has 0 rings (SSSR count). The molecule has 0 aromatic carbocycles. The van der Waals surface area contributed by atoms with Crippen molar-refractivity contribution in [1.29, 1.82) is 0 Å². The number of ketones is 1. The second-order valence-electron chi connectivity index (χ2n) is 0.892. The SMILES string of the molecule is O.O.[CH2-]C(=O)CC.[Cr]. The van der Waals surface area contributed by atoms with Crippen molar-refractivity contribution in [3.05, 3.63) is 6.92 Å². The average molecular weight is 159 g/mol. The summed E-state index contributed by atoms with van der Waals surface area (Å²) in [4.78, 5) is 9.70. The average Bonchev–Trinajstić information content (AvgIpc) is 1.38. The molecule has 4 heteroatoms. The fraction of sp³-hybridized carbons (Fsp3) is 0.500. The molecule has 0 fully saturated rings. The van der Waals surface area contributed by atoms with Crippen LogP contribution in [0.15, 0.2) is 0 Å². The summed E-state index contributed by atoms with van der Waals surface area (Å²) in [5.41, 5.74) is 0. The van der Waals surface area contributed by atoms with E-state index in [0.29, 0.717) is 6.42 Å². The molecule has 0 atom stereocenters. The van der Waals surface area contributed by atoms with Crippen LogP contribution in [0.5, 0.6) is 0 Å². The number of hydrogen-bond acceptors (Lipinski definition) is 1. The molecule has 0 radical (unpaired) electrons. The third-order valence-electron chi connectivity index (χ3n) is 0.394. The fourth-order valence-corrected chi connectivity index (χ4v) is 0. The van der Waals surface area contributed by atoms with Gasteiger partial charge in [0, 0.05) is 17.4 Å². The predicted octanol–water partition coefficient (Wildman–Crippen LogP) is -0.852. The van der Waals surface area contributed by atoms with Gasteiger partial charge in [0.15, 0.2) is 0 Å². The Morgan fingerprint density at radius 3 is 1.62 bits per heavy atom. The van der Waals surface area contributed by atoms with Crippen LogP contribution < -0.4 is 0 Å². The van der Waals surface area contributed by atoms with Gasteiger partial charge in [-0.2, -0.15) is 0 Å². The van der Waals surface area contributed by atoms with Gasteiger partial charge in [-0.15, -0.1) is 0 Å². The molecular formula is C4H11CrO3-. The molecular weight excluding hydrogens is 148 g/mol. The largest absolute Gasteiger partial charge is 0.412 e. The van der Waals surface area contributed by atoms with Crippen molar-refractivity contribution in [1.82, 2.24) is 0 Å². The standard InChI is InChI=1S/C4H7O.Cr.2H2O/c1-3-4(2)5;;;/h2-3H2,1H3;;2*1H2/q-1;;;. The Labute approximate surface area is 59.8 Å². The van der Waals surface area contributed by atoms with Gasteiger partial charge in [0.25, 0.3) is 0 Å². The Morgan fingerprint density at radius 1 is 1.50 bits per heavy atom. The van der Waals surface area contributed by atoms with E-state index in [1.165, 1.54) is 0 Å². The number of carbonyl (C=O) groups excluding carboxylic acids is 1. The number of hydrogen-bond donors (Lipinski definition) is 0. The minimum atomic E-state index is 0. The van der Waals surface area contributed by atoms with Crippen LogP contribution in [0, 0.1) is 6.92 Å². The van der Waals surface area contributed by atoms with Gasteiger partial charge < -0.3 is 22.7 Å². The van der Waals surface area contributed by atoms with Gasteiger partial charge in [-0.05, 0) is 12.2 Å². The first-order valence-electron chi connectivity index (χ1n) is 1.62. The van der Waals surface area contributed by atoms with Crippen LogP contribution in [0.25, 0.3) is 0 Å². The minimum absolute atomic E-state index is 0. The third kappa shape index (κ3) is 37.6. The summed E-state index contributed by atoms with van der Waals surface area (Å²) in [5.74, 6) is 0.00463. The van der Waals surface area contributed by atoms with E-state index in [0.717, 1.165) is 0 Å². The molecule has 0 heterocycles. The van der Waals surface area contributed by atoms with Crippen LogP contribution in [-0.2, 0) is 22.2 Å². The summed E-state index contributed by atoms with van der Waals surface area (Å²) in [5, 5.41) is 0. The zero-order chi connectivity index (χ0) is 4.28. The molecule has 0 aromatic rings. The van der Waals surface area contributed by atoms with E-state index in [2.05, 4.69) is 6.92 Å². The Bertz CT molecular complexity index is 46.5. The van der Waals surface area contributed by atoms with Crippen LogP contribution in [0.1, 0.15) is 13.3 Å². The first-order chi connectivity index (χ1) is 2.27. The van der Waals surface area contributed by atoms with Crippen molar-refractivity contribution < 1.29 is 33.1 Å². The van der Waals surface area contributed by atoms with E-state index in [1.54, 1.807) is 6.92 Å². The van der Waals surface area contributed by atoms with Gasteiger partial charge in [0.1, 0.15) is 0 Å². The van der Waals surface area contributed by atoms with Gasteiger partial charge >= 0.3 is 0 Å². The van der Waals surface area contributed by atoms with Crippen LogP contribution in [0.4, 0.5) is 0 Å². The predicted molar refractivity (Wildman–Crippen MR) is 27.9 cm³/mol. The topological polar surface area (TPSA) is 80.1 Å². The summed E-state index contributed by atoms with van der Waals surface area (Å²) < 4.78 is 0. The number of carbonyl (C=O) groups is 1. The van der Waals surface area contributed by atoms with Crippen molar-refractivity contribution >= 4 is 5.78 Å². The Balaban J connectivity index is -0.0000000267. The Morgan fingerprint density at radius 2 is 1.62 bits per heavy atom. The zero-order valence-electron chi connectivity index (χ0n) is 4.73. The fourth-order valence-electron chi connectivity index (χ4n) is 0. The van der Waals surface area contributed by atoms with Gasteiger partial charge in [-0.3, -0.25) is 0 Å². The third-order valence-corrected chi connectivity index (χ3v) is 0.394. The molecule has 0 saturated heterocycles. The summed E-state index contributed by atoms with van der Waals surface area (Å²) in [6.45, 7) is 4.91. The molecule has 4 N–H and O–H groups in total. The smallest absolute Gasteiger partial charge is 0 e.